The van der Waals surface area contributed by atoms with Crippen LogP contribution in [0, 0.1) is 17.8 Å². The maximum atomic E-state index is 14.9. The summed E-state index contributed by atoms with van der Waals surface area (Å²) in [7, 11) is 1.36. The second kappa shape index (κ2) is 26.8. The predicted octanol–water partition coefficient (Wildman–Crippen LogP) is 0.153. The summed E-state index contributed by atoms with van der Waals surface area (Å²) in [4.78, 5) is 129. The summed E-state index contributed by atoms with van der Waals surface area (Å²) in [6.07, 6.45) is -5.85. The zero-order valence-corrected chi connectivity index (χ0v) is 42.8. The van der Waals surface area contributed by atoms with Crippen LogP contribution >= 0.6 is 0 Å². The van der Waals surface area contributed by atoms with Crippen LogP contribution in [0.1, 0.15) is 105 Å². The number of aliphatic hydroxyl groups excluding tert-OH is 2. The van der Waals surface area contributed by atoms with Crippen LogP contribution in [0.2, 0.25) is 0 Å². The predicted molar refractivity (Wildman–Crippen MR) is 264 cm³/mol. The van der Waals surface area contributed by atoms with Gasteiger partial charge >= 0.3 is 5.97 Å². The van der Waals surface area contributed by atoms with Crippen LogP contribution in [-0.2, 0) is 60.7 Å². The number of hydrogen-bond acceptors (Lipinski definition) is 14. The molecule has 4 rings (SSSR count). The lowest BCUT2D eigenvalue weighted by Crippen LogP contribution is -2.65. The Balaban J connectivity index is 1.83. The average Bonchev–Trinajstić information content (AvgIpc) is 3.32. The molecule has 2 aromatic rings. The summed E-state index contributed by atoms with van der Waals surface area (Å²) in [6.45, 7) is 11.8. The van der Waals surface area contributed by atoms with Crippen LogP contribution in [0.4, 0.5) is 0 Å². The van der Waals surface area contributed by atoms with Gasteiger partial charge in [-0.1, -0.05) is 72.2 Å². The van der Waals surface area contributed by atoms with Crippen LogP contribution in [-0.4, -0.2) is 151 Å². The number of phenols is 2. The minimum absolute atomic E-state index is 0.0142. The fraction of sp³-hybridized carbons (Fsp3) is 0.588. The van der Waals surface area contributed by atoms with E-state index in [0.29, 0.717) is 17.5 Å². The third-order valence-electron chi connectivity index (χ3n) is 13.1. The first kappa shape index (κ1) is 58.8. The highest BCUT2D eigenvalue weighted by Crippen LogP contribution is 2.27. The molecular weight excluding hydrogens is 949 g/mol. The van der Waals surface area contributed by atoms with E-state index in [1.165, 1.54) is 50.4 Å². The number of nitrogens with one attached hydrogen (secondary N) is 5. The van der Waals surface area contributed by atoms with Gasteiger partial charge in [-0.3, -0.25) is 38.4 Å². The highest BCUT2D eigenvalue weighted by atomic mass is 16.5. The molecule has 0 spiro atoms. The third-order valence-corrected chi connectivity index (χ3v) is 13.1. The highest BCUT2D eigenvalue weighted by Gasteiger charge is 2.46. The molecule has 2 fully saturated rings. The van der Waals surface area contributed by atoms with Crippen LogP contribution in [0.5, 0.6) is 11.5 Å². The second-order valence-electron chi connectivity index (χ2n) is 20.0. The quantitative estimate of drug-likeness (QED) is 0.0944. The summed E-state index contributed by atoms with van der Waals surface area (Å²) < 4.78 is 5.92. The third kappa shape index (κ3) is 16.6. The molecule has 0 aromatic heterocycles. The van der Waals surface area contributed by atoms with Crippen LogP contribution in [0.25, 0.3) is 0 Å². The minimum Gasteiger partial charge on any atom is -0.508 e. The SMILES string of the molecule is CC[C@@H](C)[C@@H]1NC(=O)[C@H](Cc2ccc(O)cc2)N(C)C(=O)[C@H](CC(C)C)N2C(=O)[C@@H](CC[C@@H]2O)NC(=O)[C@@H](CC(C)C)NC(=O)[C@@H](NC(=O)[C@H](CCC(N)=O)NC(=O)[C@H](O)Cc2ccc(O)cc2)[C@@H](C)OC1=O. The van der Waals surface area contributed by atoms with Crippen molar-refractivity contribution in [3.8, 4) is 11.5 Å². The van der Waals surface area contributed by atoms with Crippen LogP contribution < -0.4 is 32.3 Å². The number of esters is 1. The molecule has 22 heteroatoms. The molecule has 0 unspecified atom stereocenters. The fourth-order valence-corrected chi connectivity index (χ4v) is 8.73. The molecule has 0 aliphatic carbocycles. The molecule has 0 saturated carbocycles. The van der Waals surface area contributed by atoms with E-state index in [4.69, 9.17) is 10.5 Å². The Morgan fingerprint density at radius 1 is 0.781 bits per heavy atom. The number of benzene rings is 2. The van der Waals surface area contributed by atoms with Crippen LogP contribution in [0.15, 0.2) is 48.5 Å². The fourth-order valence-electron chi connectivity index (χ4n) is 8.73. The molecule has 73 heavy (non-hydrogen) atoms. The number of piperidine rings is 1. The molecule has 2 saturated heterocycles. The van der Waals surface area contributed by atoms with Gasteiger partial charge in [0.2, 0.25) is 47.3 Å². The molecule has 11 N–H and O–H groups in total. The minimum atomic E-state index is -1.85. The molecule has 2 aliphatic rings. The van der Waals surface area contributed by atoms with Crippen molar-refractivity contribution in [2.24, 2.45) is 23.5 Å². The standard InChI is InChI=1S/C51H74N8O14/c1-9-28(6)42-51(72)73-29(7)43(57-44(65)34(18-20-40(52)63)53-47(68)39(62)25-31-12-16-33(61)17-13-31)48(69)55-36(22-26(2)3)45(66)54-35-19-21-41(64)59(49(35)70)38(23-27(4)5)50(71)58(8)37(46(67)56-42)24-30-10-14-32(60)15-11-30/h10-17,26-29,34-39,41-43,60-62,64H,9,18-25H2,1-8H3,(H2,52,63)(H,53,68)(H,54,66)(H,55,69)(H,56,67)(H,57,65)/t28-,29-,34+,35-,36-,37+,38+,39-,41+,42+,43+/m1/s1. The Bertz CT molecular complexity index is 2280. The summed E-state index contributed by atoms with van der Waals surface area (Å²) in [5.41, 5.74) is 6.38. The van der Waals surface area contributed by atoms with Crippen molar-refractivity contribution in [3.63, 3.8) is 0 Å². The molecule has 2 aliphatic heterocycles. The number of phenolic OH excluding ortho intramolecular Hbond substituents is 2. The van der Waals surface area contributed by atoms with E-state index in [0.717, 1.165) is 9.80 Å². The summed E-state index contributed by atoms with van der Waals surface area (Å²) in [6, 6.07) is 1.22. The van der Waals surface area contributed by atoms with Crippen molar-refractivity contribution >= 4 is 53.2 Å². The number of likely N-dealkylation sites (N-methyl/N-ethyl adjacent to an activating group) is 1. The molecular formula is C51H74N8O14. The first-order chi connectivity index (χ1) is 34.3. The van der Waals surface area contributed by atoms with E-state index in [1.807, 2.05) is 13.8 Å². The largest absolute Gasteiger partial charge is 0.508 e. The normalized spacial score (nSPS) is 25.0. The number of cyclic esters (lactones) is 1. The lowest BCUT2D eigenvalue weighted by atomic mass is 9.94. The van der Waals surface area contributed by atoms with Gasteiger partial charge in [-0.2, -0.15) is 0 Å². The van der Waals surface area contributed by atoms with Crippen molar-refractivity contribution in [2.75, 3.05) is 7.05 Å². The van der Waals surface area contributed by atoms with E-state index in [-0.39, 0.29) is 61.9 Å². The van der Waals surface area contributed by atoms with Gasteiger partial charge in [0, 0.05) is 26.3 Å². The number of nitrogens with two attached hydrogens (primary N) is 1. The molecule has 402 valence electrons. The van der Waals surface area contributed by atoms with E-state index < -0.39 is 133 Å². The van der Waals surface area contributed by atoms with E-state index in [1.54, 1.807) is 39.8 Å². The Labute approximate surface area is 425 Å². The highest BCUT2D eigenvalue weighted by molar-refractivity contribution is 5.98. The number of hydrogen-bond donors (Lipinski definition) is 10. The number of ether oxygens (including phenoxy) is 1. The number of primary amides is 1. The van der Waals surface area contributed by atoms with Crippen molar-refractivity contribution in [1.82, 2.24) is 36.4 Å². The number of fused-ring (bicyclic) bond motifs is 2. The number of carbonyl (C=O) groups excluding carboxylic acids is 9. The monoisotopic (exact) mass is 1020 g/mol. The Morgan fingerprint density at radius 3 is 1.93 bits per heavy atom. The van der Waals surface area contributed by atoms with Crippen molar-refractivity contribution in [2.45, 2.75) is 167 Å². The Morgan fingerprint density at radius 2 is 1.37 bits per heavy atom. The molecule has 2 aromatic carbocycles. The van der Waals surface area contributed by atoms with Crippen LogP contribution in [0.3, 0.4) is 0 Å². The van der Waals surface area contributed by atoms with Gasteiger partial charge in [-0.05, 0) is 92.2 Å². The number of aromatic hydroxyl groups is 2. The first-order valence-electron chi connectivity index (χ1n) is 24.8. The second-order valence-corrected chi connectivity index (χ2v) is 20.0. The maximum Gasteiger partial charge on any atom is 0.329 e. The van der Waals surface area contributed by atoms with Gasteiger partial charge in [-0.15, -0.1) is 0 Å². The van der Waals surface area contributed by atoms with Gasteiger partial charge in [0.05, 0.1) is 0 Å². The van der Waals surface area contributed by atoms with Gasteiger partial charge < -0.3 is 67.3 Å². The zero-order chi connectivity index (χ0) is 54.4. The smallest absolute Gasteiger partial charge is 0.329 e. The Hall–Kier alpha value is -6.81. The van der Waals surface area contributed by atoms with Crippen molar-refractivity contribution in [3.05, 3.63) is 59.7 Å². The van der Waals surface area contributed by atoms with Gasteiger partial charge in [-0.25, -0.2) is 4.79 Å². The van der Waals surface area contributed by atoms with Crippen molar-refractivity contribution < 1.29 is 68.3 Å². The molecule has 2 heterocycles. The molecule has 2 bridgehead atoms. The summed E-state index contributed by atoms with van der Waals surface area (Å²) in [5.74, 6) is -9.53. The number of amides is 8. The van der Waals surface area contributed by atoms with E-state index in [9.17, 15) is 63.6 Å². The molecule has 22 nitrogen and oxygen atoms in total. The summed E-state index contributed by atoms with van der Waals surface area (Å²) in [5, 5.41) is 54.9. The first-order valence-corrected chi connectivity index (χ1v) is 24.8. The van der Waals surface area contributed by atoms with E-state index >= 15 is 0 Å². The van der Waals surface area contributed by atoms with Gasteiger partial charge in [0.1, 0.15) is 72.2 Å². The Kier molecular flexibility index (Phi) is 21.5. The van der Waals surface area contributed by atoms with E-state index in [2.05, 4.69) is 26.6 Å². The number of aliphatic hydroxyl groups is 2. The number of carbonyl (C=O) groups is 9. The number of rotatable bonds is 17. The molecule has 8 amide bonds. The lowest BCUT2D eigenvalue weighted by molar-refractivity contribution is -0.166. The molecule has 11 atom stereocenters. The number of nitrogens with zero attached hydrogens (tertiary/aromatic N) is 2. The molecule has 0 radical (unpaired) electrons. The lowest BCUT2D eigenvalue weighted by Gasteiger charge is -2.43. The van der Waals surface area contributed by atoms with Gasteiger partial charge in [0.25, 0.3) is 0 Å². The summed E-state index contributed by atoms with van der Waals surface area (Å²) >= 11 is 0. The van der Waals surface area contributed by atoms with Gasteiger partial charge in [0.15, 0.2) is 0 Å². The topological polar surface area (TPSA) is 336 Å². The van der Waals surface area contributed by atoms with Crippen molar-refractivity contribution in [1.29, 1.82) is 0 Å². The maximum absolute atomic E-state index is 14.9. The zero-order valence-electron chi connectivity index (χ0n) is 42.8. The average molecular weight is 1020 g/mol.